The number of anilines is 1. The van der Waals surface area contributed by atoms with Crippen LogP contribution < -0.4 is 4.90 Å². The van der Waals surface area contributed by atoms with Crippen LogP contribution in [0.3, 0.4) is 0 Å². The fourth-order valence-electron chi connectivity index (χ4n) is 3.51. The molecule has 2 aliphatic heterocycles. The van der Waals surface area contributed by atoms with Crippen molar-refractivity contribution in [1.29, 1.82) is 0 Å². The van der Waals surface area contributed by atoms with Gasteiger partial charge in [-0.05, 0) is 24.6 Å². The molecular formula is C19H23Cl2N3O3. The molecule has 0 saturated carbocycles. The molecule has 0 bridgehead atoms. The van der Waals surface area contributed by atoms with Crippen molar-refractivity contribution < 1.29 is 14.4 Å². The summed E-state index contributed by atoms with van der Waals surface area (Å²) in [6.45, 7) is 5.86. The third-order valence-corrected chi connectivity index (χ3v) is 6.32. The molecular weight excluding hydrogens is 389 g/mol. The van der Waals surface area contributed by atoms with Gasteiger partial charge < -0.3 is 9.80 Å². The number of hydrogen-bond donors (Lipinski definition) is 0. The van der Waals surface area contributed by atoms with Gasteiger partial charge in [0.05, 0.1) is 15.5 Å². The minimum absolute atomic E-state index is 0.167. The lowest BCUT2D eigenvalue weighted by molar-refractivity contribution is -0.147. The predicted molar refractivity (Wildman–Crippen MR) is 105 cm³/mol. The fourth-order valence-corrected chi connectivity index (χ4v) is 3.80. The summed E-state index contributed by atoms with van der Waals surface area (Å²) in [5.74, 6) is -0.684. The Bertz CT molecular complexity index is 777. The predicted octanol–water partition coefficient (Wildman–Crippen LogP) is 2.82. The third-order valence-electron chi connectivity index (χ3n) is 5.58. The number of imide groups is 1. The van der Waals surface area contributed by atoms with E-state index >= 15 is 0 Å². The molecule has 146 valence electrons. The topological polar surface area (TPSA) is 60.9 Å². The zero-order valence-corrected chi connectivity index (χ0v) is 17.0. The number of likely N-dealkylation sites (tertiary alicyclic amines) is 1. The molecule has 0 aromatic heterocycles. The standard InChI is InChI=1S/C19H23Cl2N3O3/c1-3-19(2)11-16(25)24(18(19)27)12-17(26)23-8-6-22(7-9-23)13-4-5-14(20)15(21)10-13/h4-5,10H,3,6-9,11-12H2,1-2H3. The van der Waals surface area contributed by atoms with Gasteiger partial charge in [-0.25, -0.2) is 0 Å². The summed E-state index contributed by atoms with van der Waals surface area (Å²) in [6.07, 6.45) is 0.769. The molecule has 2 saturated heterocycles. The second-order valence-electron chi connectivity index (χ2n) is 7.34. The molecule has 2 heterocycles. The quantitative estimate of drug-likeness (QED) is 0.714. The first kappa shape index (κ1) is 20.0. The van der Waals surface area contributed by atoms with Crippen molar-refractivity contribution in [2.24, 2.45) is 5.41 Å². The van der Waals surface area contributed by atoms with Gasteiger partial charge in [0.15, 0.2) is 0 Å². The summed E-state index contributed by atoms with van der Waals surface area (Å²) in [4.78, 5) is 42.2. The molecule has 27 heavy (non-hydrogen) atoms. The Hall–Kier alpha value is -1.79. The highest BCUT2D eigenvalue weighted by atomic mass is 35.5. The Kier molecular flexibility index (Phi) is 5.68. The van der Waals surface area contributed by atoms with Gasteiger partial charge in [-0.15, -0.1) is 0 Å². The third kappa shape index (κ3) is 3.92. The van der Waals surface area contributed by atoms with Gasteiger partial charge in [0.1, 0.15) is 6.54 Å². The van der Waals surface area contributed by atoms with Gasteiger partial charge in [0.2, 0.25) is 17.7 Å². The van der Waals surface area contributed by atoms with Gasteiger partial charge in [-0.3, -0.25) is 19.3 Å². The van der Waals surface area contributed by atoms with Crippen LogP contribution >= 0.6 is 23.2 Å². The van der Waals surface area contributed by atoms with Crippen LogP contribution in [0.2, 0.25) is 10.0 Å². The number of carbonyl (C=O) groups excluding carboxylic acids is 3. The van der Waals surface area contributed by atoms with Crippen LogP contribution in [-0.2, 0) is 14.4 Å². The molecule has 3 rings (SSSR count). The maximum Gasteiger partial charge on any atom is 0.242 e. The van der Waals surface area contributed by atoms with Crippen molar-refractivity contribution in [3.63, 3.8) is 0 Å². The van der Waals surface area contributed by atoms with Crippen LogP contribution in [0.25, 0.3) is 0 Å². The van der Waals surface area contributed by atoms with Gasteiger partial charge in [0.25, 0.3) is 0 Å². The molecule has 1 unspecified atom stereocenters. The average Bonchev–Trinajstić information content (AvgIpc) is 2.87. The summed E-state index contributed by atoms with van der Waals surface area (Å²) < 4.78 is 0. The van der Waals surface area contributed by atoms with Gasteiger partial charge in [-0.1, -0.05) is 37.0 Å². The minimum Gasteiger partial charge on any atom is -0.368 e. The molecule has 8 heteroatoms. The van der Waals surface area contributed by atoms with Crippen molar-refractivity contribution in [3.8, 4) is 0 Å². The van der Waals surface area contributed by atoms with E-state index in [0.29, 0.717) is 42.6 Å². The lowest BCUT2D eigenvalue weighted by Crippen LogP contribution is -2.52. The van der Waals surface area contributed by atoms with Crippen molar-refractivity contribution >= 4 is 46.6 Å². The molecule has 0 spiro atoms. The second-order valence-corrected chi connectivity index (χ2v) is 8.16. The van der Waals surface area contributed by atoms with Crippen molar-refractivity contribution in [3.05, 3.63) is 28.2 Å². The van der Waals surface area contributed by atoms with Crippen molar-refractivity contribution in [2.75, 3.05) is 37.6 Å². The Morgan fingerprint density at radius 1 is 1.11 bits per heavy atom. The van der Waals surface area contributed by atoms with Crippen molar-refractivity contribution in [2.45, 2.75) is 26.7 Å². The summed E-state index contributed by atoms with van der Waals surface area (Å²) in [7, 11) is 0. The fraction of sp³-hybridized carbons (Fsp3) is 0.526. The molecule has 1 aromatic rings. The molecule has 2 aliphatic rings. The van der Waals surface area contributed by atoms with Crippen LogP contribution in [0.1, 0.15) is 26.7 Å². The Morgan fingerprint density at radius 3 is 2.33 bits per heavy atom. The molecule has 2 fully saturated rings. The number of hydrogen-bond acceptors (Lipinski definition) is 4. The van der Waals surface area contributed by atoms with Crippen molar-refractivity contribution in [1.82, 2.24) is 9.80 Å². The highest BCUT2D eigenvalue weighted by molar-refractivity contribution is 6.42. The highest BCUT2D eigenvalue weighted by Gasteiger charge is 2.47. The van der Waals surface area contributed by atoms with E-state index in [0.717, 1.165) is 10.6 Å². The smallest absolute Gasteiger partial charge is 0.242 e. The van der Waals surface area contributed by atoms with E-state index in [1.54, 1.807) is 17.9 Å². The number of benzene rings is 1. The SMILES string of the molecule is CCC1(C)CC(=O)N(CC(=O)N2CCN(c3ccc(Cl)c(Cl)c3)CC2)C1=O. The Morgan fingerprint density at radius 2 is 1.78 bits per heavy atom. The molecule has 3 amide bonds. The van der Waals surface area contributed by atoms with E-state index in [2.05, 4.69) is 4.90 Å². The first-order valence-corrected chi connectivity index (χ1v) is 9.83. The number of piperazine rings is 1. The van der Waals surface area contributed by atoms with Crippen LogP contribution in [0.15, 0.2) is 18.2 Å². The van der Waals surface area contributed by atoms with E-state index in [4.69, 9.17) is 23.2 Å². The van der Waals surface area contributed by atoms with Crippen LogP contribution in [0, 0.1) is 5.41 Å². The van der Waals surface area contributed by atoms with Crippen LogP contribution in [0.5, 0.6) is 0 Å². The number of amides is 3. The molecule has 0 aliphatic carbocycles. The van der Waals surface area contributed by atoms with E-state index in [9.17, 15) is 14.4 Å². The van der Waals surface area contributed by atoms with Crippen LogP contribution in [-0.4, -0.2) is 60.2 Å². The molecule has 0 N–H and O–H groups in total. The monoisotopic (exact) mass is 411 g/mol. The van der Waals surface area contributed by atoms with Crippen LogP contribution in [0.4, 0.5) is 5.69 Å². The van der Waals surface area contributed by atoms with Gasteiger partial charge in [-0.2, -0.15) is 0 Å². The Labute approximate surface area is 169 Å². The normalized spacial score (nSPS) is 23.3. The van der Waals surface area contributed by atoms with E-state index < -0.39 is 5.41 Å². The second kappa shape index (κ2) is 7.68. The maximum absolute atomic E-state index is 12.6. The summed E-state index contributed by atoms with van der Waals surface area (Å²) in [5.41, 5.74) is 0.282. The van der Waals surface area contributed by atoms with Gasteiger partial charge in [0, 0.05) is 38.3 Å². The number of rotatable bonds is 4. The first-order chi connectivity index (χ1) is 12.7. The molecule has 6 nitrogen and oxygen atoms in total. The highest BCUT2D eigenvalue weighted by Crippen LogP contribution is 2.35. The summed E-state index contributed by atoms with van der Waals surface area (Å²) in [5, 5.41) is 1.01. The van der Waals surface area contributed by atoms with Gasteiger partial charge >= 0.3 is 0 Å². The Balaban J connectivity index is 1.58. The maximum atomic E-state index is 12.6. The van der Waals surface area contributed by atoms with E-state index in [1.807, 2.05) is 19.1 Å². The molecule has 0 radical (unpaired) electrons. The minimum atomic E-state index is -0.677. The first-order valence-electron chi connectivity index (χ1n) is 9.08. The summed E-state index contributed by atoms with van der Waals surface area (Å²) in [6, 6.07) is 5.47. The summed E-state index contributed by atoms with van der Waals surface area (Å²) >= 11 is 12.0. The molecule has 1 aromatic carbocycles. The average molecular weight is 412 g/mol. The van der Waals surface area contributed by atoms with E-state index in [-0.39, 0.29) is 30.7 Å². The lowest BCUT2D eigenvalue weighted by atomic mass is 9.86. The lowest BCUT2D eigenvalue weighted by Gasteiger charge is -2.36. The zero-order chi connectivity index (χ0) is 19.8. The zero-order valence-electron chi connectivity index (χ0n) is 15.5. The number of nitrogens with zero attached hydrogens (tertiary/aromatic N) is 3. The largest absolute Gasteiger partial charge is 0.368 e. The molecule has 1 atom stereocenters. The number of carbonyl (C=O) groups is 3. The van der Waals surface area contributed by atoms with E-state index in [1.165, 1.54) is 0 Å². The number of halogens is 2.